The molecule has 0 aromatic heterocycles. The Morgan fingerprint density at radius 2 is 1.74 bits per heavy atom. The third-order valence-electron chi connectivity index (χ3n) is 4.45. The molecule has 0 saturated carbocycles. The number of carbonyl (C=O) groups is 1. The number of amides is 1. The van der Waals surface area contributed by atoms with E-state index in [1.165, 1.54) is 12.1 Å². The second-order valence-corrected chi connectivity index (χ2v) is 7.02. The van der Waals surface area contributed by atoms with Gasteiger partial charge in [0.2, 0.25) is 5.82 Å². The van der Waals surface area contributed by atoms with E-state index in [-0.39, 0.29) is 5.91 Å². The zero-order valence-corrected chi connectivity index (χ0v) is 15.7. The van der Waals surface area contributed by atoms with E-state index in [1.807, 2.05) is 0 Å². The molecule has 9 heteroatoms. The zero-order chi connectivity index (χ0) is 19.6. The van der Waals surface area contributed by atoms with Crippen LogP contribution >= 0.6 is 23.2 Å². The third-order valence-corrected chi connectivity index (χ3v) is 5.08. The molecule has 2 aromatic carbocycles. The van der Waals surface area contributed by atoms with Gasteiger partial charge in [-0.1, -0.05) is 35.3 Å². The van der Waals surface area contributed by atoms with Crippen LogP contribution in [0.3, 0.4) is 0 Å². The van der Waals surface area contributed by atoms with E-state index < -0.39 is 16.4 Å². The summed E-state index contributed by atoms with van der Waals surface area (Å²) in [6.45, 7) is 2.59. The van der Waals surface area contributed by atoms with Crippen LogP contribution in [0.5, 0.6) is 0 Å². The maximum absolute atomic E-state index is 13.7. The number of rotatable bonds is 4. The highest BCUT2D eigenvalue weighted by molar-refractivity contribution is 6.39. The van der Waals surface area contributed by atoms with Crippen molar-refractivity contribution < 1.29 is 14.1 Å². The number of carbonyl (C=O) groups excluding carboxylic acids is 1. The van der Waals surface area contributed by atoms with E-state index in [4.69, 9.17) is 23.2 Å². The predicted molar refractivity (Wildman–Crippen MR) is 101 cm³/mol. The molecule has 1 aliphatic heterocycles. The minimum Gasteiger partial charge on any atom is -0.336 e. The van der Waals surface area contributed by atoms with Gasteiger partial charge >= 0.3 is 5.69 Å². The SMILES string of the molecule is O=C(c1c(Cl)cccc1Cl)N1CCN(Cc2ccc([N+](=O)[O-])c(F)c2)CC1. The summed E-state index contributed by atoms with van der Waals surface area (Å²) < 4.78 is 13.7. The van der Waals surface area contributed by atoms with Crippen molar-refractivity contribution in [2.24, 2.45) is 0 Å². The van der Waals surface area contributed by atoms with Gasteiger partial charge in [-0.05, 0) is 23.8 Å². The monoisotopic (exact) mass is 411 g/mol. The Morgan fingerprint density at radius 1 is 1.11 bits per heavy atom. The molecule has 1 heterocycles. The fraction of sp³-hybridized carbons (Fsp3) is 0.278. The van der Waals surface area contributed by atoms with E-state index in [0.717, 1.165) is 0 Å². The number of hydrogen-bond donors (Lipinski definition) is 0. The number of halogens is 3. The standard InChI is InChI=1S/C18H16Cl2FN3O3/c19-13-2-1-3-14(20)17(13)18(25)23-8-6-22(7-9-23)11-12-4-5-16(24(26)27)15(21)10-12/h1-5,10H,6-9,11H2. The molecular formula is C18H16Cl2FN3O3. The zero-order valence-electron chi connectivity index (χ0n) is 14.2. The lowest BCUT2D eigenvalue weighted by atomic mass is 10.1. The summed E-state index contributed by atoms with van der Waals surface area (Å²) in [5, 5.41) is 11.3. The Kier molecular flexibility index (Phi) is 5.94. The summed E-state index contributed by atoms with van der Waals surface area (Å²) in [7, 11) is 0. The van der Waals surface area contributed by atoms with Crippen LogP contribution in [0.1, 0.15) is 15.9 Å². The first kappa shape index (κ1) is 19.5. The second kappa shape index (κ2) is 8.21. The van der Waals surface area contributed by atoms with Crippen LogP contribution in [0, 0.1) is 15.9 Å². The van der Waals surface area contributed by atoms with E-state index in [9.17, 15) is 19.3 Å². The van der Waals surface area contributed by atoms with Gasteiger partial charge in [0.1, 0.15) is 0 Å². The molecule has 27 heavy (non-hydrogen) atoms. The van der Waals surface area contributed by atoms with E-state index in [2.05, 4.69) is 4.90 Å². The number of benzene rings is 2. The quantitative estimate of drug-likeness (QED) is 0.563. The van der Waals surface area contributed by atoms with Gasteiger partial charge in [0.25, 0.3) is 5.91 Å². The fourth-order valence-electron chi connectivity index (χ4n) is 3.02. The average Bonchev–Trinajstić information content (AvgIpc) is 2.62. The topological polar surface area (TPSA) is 66.7 Å². The summed E-state index contributed by atoms with van der Waals surface area (Å²) in [6, 6.07) is 8.83. The van der Waals surface area contributed by atoms with Gasteiger partial charge in [0.15, 0.2) is 0 Å². The molecule has 0 bridgehead atoms. The Balaban J connectivity index is 1.61. The van der Waals surface area contributed by atoms with Crippen LogP contribution in [0.2, 0.25) is 10.0 Å². The lowest BCUT2D eigenvalue weighted by Crippen LogP contribution is -2.48. The smallest absolute Gasteiger partial charge is 0.304 e. The van der Waals surface area contributed by atoms with Crippen molar-refractivity contribution in [3.05, 3.63) is 73.5 Å². The molecule has 0 radical (unpaired) electrons. The maximum atomic E-state index is 13.7. The summed E-state index contributed by atoms with van der Waals surface area (Å²) in [4.78, 5) is 26.4. The van der Waals surface area contributed by atoms with E-state index in [0.29, 0.717) is 53.9 Å². The highest BCUT2D eigenvalue weighted by atomic mass is 35.5. The van der Waals surface area contributed by atoms with Crippen molar-refractivity contribution >= 4 is 34.8 Å². The molecule has 0 unspecified atom stereocenters. The Labute approximate surface area is 165 Å². The molecule has 0 atom stereocenters. The van der Waals surface area contributed by atoms with Crippen LogP contribution < -0.4 is 0 Å². The molecule has 1 fully saturated rings. The highest BCUT2D eigenvalue weighted by Gasteiger charge is 2.25. The van der Waals surface area contributed by atoms with Gasteiger partial charge < -0.3 is 4.90 Å². The van der Waals surface area contributed by atoms with Crippen molar-refractivity contribution in [1.29, 1.82) is 0 Å². The number of nitrogens with zero attached hydrogens (tertiary/aromatic N) is 3. The van der Waals surface area contributed by atoms with Gasteiger partial charge in [-0.2, -0.15) is 4.39 Å². The number of hydrogen-bond acceptors (Lipinski definition) is 4. The minimum absolute atomic E-state index is 0.216. The van der Waals surface area contributed by atoms with E-state index in [1.54, 1.807) is 29.2 Å². The average molecular weight is 412 g/mol. The predicted octanol–water partition coefficient (Wildman–Crippen LogP) is 4.00. The first-order valence-electron chi connectivity index (χ1n) is 8.25. The molecule has 0 N–H and O–H groups in total. The second-order valence-electron chi connectivity index (χ2n) is 6.21. The molecule has 1 aliphatic rings. The van der Waals surface area contributed by atoms with Crippen LogP contribution in [0.4, 0.5) is 10.1 Å². The highest BCUT2D eigenvalue weighted by Crippen LogP contribution is 2.26. The summed E-state index contributed by atoms with van der Waals surface area (Å²) in [5.41, 5.74) is 0.407. The lowest BCUT2D eigenvalue weighted by molar-refractivity contribution is -0.387. The van der Waals surface area contributed by atoms with Gasteiger partial charge in [-0.25, -0.2) is 0 Å². The first-order valence-corrected chi connectivity index (χ1v) is 9.01. The number of nitro benzene ring substituents is 1. The number of piperazine rings is 1. The van der Waals surface area contributed by atoms with Crippen molar-refractivity contribution in [3.8, 4) is 0 Å². The largest absolute Gasteiger partial charge is 0.336 e. The minimum atomic E-state index is -0.848. The molecule has 6 nitrogen and oxygen atoms in total. The van der Waals surface area contributed by atoms with Crippen LogP contribution in [0.15, 0.2) is 36.4 Å². The molecule has 142 valence electrons. The Morgan fingerprint density at radius 3 is 2.30 bits per heavy atom. The van der Waals surface area contributed by atoms with Crippen LogP contribution in [-0.4, -0.2) is 46.8 Å². The molecule has 3 rings (SSSR count). The van der Waals surface area contributed by atoms with Crippen LogP contribution in [0.25, 0.3) is 0 Å². The summed E-state index contributed by atoms with van der Waals surface area (Å²) >= 11 is 12.2. The molecule has 0 spiro atoms. The lowest BCUT2D eigenvalue weighted by Gasteiger charge is -2.35. The van der Waals surface area contributed by atoms with Gasteiger partial charge in [0, 0.05) is 38.8 Å². The molecular weight excluding hydrogens is 396 g/mol. The third kappa shape index (κ3) is 4.37. The number of nitro groups is 1. The van der Waals surface area contributed by atoms with Crippen LogP contribution in [-0.2, 0) is 6.54 Å². The molecule has 1 amide bonds. The molecule has 2 aromatic rings. The van der Waals surface area contributed by atoms with Gasteiger partial charge in [-0.15, -0.1) is 0 Å². The Bertz CT molecular complexity index is 866. The Hall–Kier alpha value is -2.22. The van der Waals surface area contributed by atoms with Crippen molar-refractivity contribution in [2.75, 3.05) is 26.2 Å². The maximum Gasteiger partial charge on any atom is 0.304 e. The van der Waals surface area contributed by atoms with Crippen molar-refractivity contribution in [2.45, 2.75) is 6.54 Å². The molecule has 0 aliphatic carbocycles. The summed E-state index contributed by atoms with van der Waals surface area (Å²) in [6.07, 6.45) is 0. The fourth-order valence-corrected chi connectivity index (χ4v) is 3.58. The molecule has 1 saturated heterocycles. The van der Waals surface area contributed by atoms with Gasteiger partial charge in [-0.3, -0.25) is 19.8 Å². The van der Waals surface area contributed by atoms with Crippen molar-refractivity contribution in [3.63, 3.8) is 0 Å². The first-order chi connectivity index (χ1) is 12.9. The summed E-state index contributed by atoms with van der Waals surface area (Å²) in [5.74, 6) is -1.06. The normalized spacial score (nSPS) is 15.0. The van der Waals surface area contributed by atoms with Gasteiger partial charge in [0.05, 0.1) is 20.5 Å². The van der Waals surface area contributed by atoms with E-state index >= 15 is 0 Å². The van der Waals surface area contributed by atoms with Crippen molar-refractivity contribution in [1.82, 2.24) is 9.80 Å².